The van der Waals surface area contributed by atoms with E-state index in [1.54, 1.807) is 21.3 Å². The van der Waals surface area contributed by atoms with Gasteiger partial charge in [0.2, 0.25) is 5.75 Å². The van der Waals surface area contributed by atoms with E-state index in [9.17, 15) is 8.78 Å². The van der Waals surface area contributed by atoms with Gasteiger partial charge < -0.3 is 19.5 Å². The summed E-state index contributed by atoms with van der Waals surface area (Å²) in [7, 11) is 4.64. The molecule has 2 aromatic rings. The number of benzene rings is 2. The van der Waals surface area contributed by atoms with E-state index in [1.165, 1.54) is 6.07 Å². The van der Waals surface area contributed by atoms with Crippen LogP contribution in [0, 0.1) is 11.6 Å². The van der Waals surface area contributed by atoms with Crippen molar-refractivity contribution in [3.8, 4) is 17.2 Å². The highest BCUT2D eigenvalue weighted by Gasteiger charge is 2.14. The van der Waals surface area contributed by atoms with Crippen LogP contribution in [-0.4, -0.2) is 21.3 Å². The van der Waals surface area contributed by atoms with Gasteiger partial charge >= 0.3 is 0 Å². The van der Waals surface area contributed by atoms with Crippen molar-refractivity contribution in [2.75, 3.05) is 21.3 Å². The standard InChI is InChI=1S/C17H19F2NO3/c1-21-15-6-11(7-16(22-2)17(15)23-3)9-20-10-12-8-13(18)4-5-14(12)19/h4-8,20H,9-10H2,1-3H3/p+1. The summed E-state index contributed by atoms with van der Waals surface area (Å²) in [4.78, 5) is 0. The molecule has 0 radical (unpaired) electrons. The van der Waals surface area contributed by atoms with Gasteiger partial charge in [-0.25, -0.2) is 8.78 Å². The van der Waals surface area contributed by atoms with Crippen LogP contribution >= 0.6 is 0 Å². The lowest BCUT2D eigenvalue weighted by molar-refractivity contribution is -0.686. The van der Waals surface area contributed by atoms with Crippen molar-refractivity contribution in [3.05, 3.63) is 53.1 Å². The number of nitrogens with two attached hydrogens (primary N) is 1. The second kappa shape index (κ2) is 7.78. The topological polar surface area (TPSA) is 44.3 Å². The van der Waals surface area contributed by atoms with Gasteiger partial charge in [-0.1, -0.05) is 0 Å². The third kappa shape index (κ3) is 4.10. The van der Waals surface area contributed by atoms with E-state index in [-0.39, 0.29) is 0 Å². The van der Waals surface area contributed by atoms with E-state index in [0.717, 1.165) is 17.7 Å². The van der Waals surface area contributed by atoms with Gasteiger partial charge in [-0.2, -0.15) is 0 Å². The van der Waals surface area contributed by atoms with Crippen LogP contribution in [0.1, 0.15) is 11.1 Å². The van der Waals surface area contributed by atoms with Gasteiger partial charge in [0.15, 0.2) is 11.5 Å². The fourth-order valence-corrected chi connectivity index (χ4v) is 2.35. The summed E-state index contributed by atoms with van der Waals surface area (Å²) < 4.78 is 42.6. The SMILES string of the molecule is COc1cc(C[NH2+]Cc2cc(F)ccc2F)cc(OC)c1OC. The molecular weight excluding hydrogens is 304 g/mol. The lowest BCUT2D eigenvalue weighted by Crippen LogP contribution is -2.80. The Morgan fingerprint density at radius 2 is 1.52 bits per heavy atom. The fourth-order valence-electron chi connectivity index (χ4n) is 2.35. The minimum Gasteiger partial charge on any atom is -0.493 e. The first-order valence-electron chi connectivity index (χ1n) is 7.13. The maximum Gasteiger partial charge on any atom is 0.203 e. The van der Waals surface area contributed by atoms with Crippen molar-refractivity contribution in [3.63, 3.8) is 0 Å². The van der Waals surface area contributed by atoms with Crippen LogP contribution in [-0.2, 0) is 13.1 Å². The van der Waals surface area contributed by atoms with Gasteiger partial charge in [-0.15, -0.1) is 0 Å². The van der Waals surface area contributed by atoms with Crippen molar-refractivity contribution < 1.29 is 28.3 Å². The van der Waals surface area contributed by atoms with Crippen LogP contribution in [0.3, 0.4) is 0 Å². The van der Waals surface area contributed by atoms with Gasteiger partial charge in [0.1, 0.15) is 24.7 Å². The summed E-state index contributed by atoms with van der Waals surface area (Å²) in [6, 6.07) is 7.12. The molecule has 0 spiro atoms. The average molecular weight is 324 g/mol. The molecule has 0 aromatic heterocycles. The predicted molar refractivity (Wildman–Crippen MR) is 81.8 cm³/mol. The summed E-state index contributed by atoms with van der Waals surface area (Å²) in [5, 5.41) is 1.87. The van der Waals surface area contributed by atoms with Crippen LogP contribution in [0.15, 0.2) is 30.3 Å². The molecule has 0 amide bonds. The smallest absolute Gasteiger partial charge is 0.203 e. The van der Waals surface area contributed by atoms with Gasteiger partial charge in [0, 0.05) is 11.1 Å². The normalized spacial score (nSPS) is 10.5. The zero-order valence-corrected chi connectivity index (χ0v) is 13.4. The van der Waals surface area contributed by atoms with Crippen LogP contribution in [0.25, 0.3) is 0 Å². The quantitative estimate of drug-likeness (QED) is 0.850. The number of quaternary nitrogens is 1. The minimum absolute atomic E-state index is 0.331. The van der Waals surface area contributed by atoms with Crippen molar-refractivity contribution in [1.29, 1.82) is 0 Å². The third-order valence-electron chi connectivity index (χ3n) is 3.48. The van der Waals surface area contributed by atoms with E-state index < -0.39 is 11.6 Å². The Balaban J connectivity index is 2.10. The number of rotatable bonds is 7. The zero-order valence-electron chi connectivity index (χ0n) is 13.4. The molecule has 23 heavy (non-hydrogen) atoms. The molecule has 0 heterocycles. The summed E-state index contributed by atoms with van der Waals surface area (Å²) in [6.07, 6.45) is 0. The first-order chi connectivity index (χ1) is 11.1. The van der Waals surface area contributed by atoms with Gasteiger partial charge in [-0.3, -0.25) is 0 Å². The summed E-state index contributed by atoms with van der Waals surface area (Å²) >= 11 is 0. The van der Waals surface area contributed by atoms with E-state index in [4.69, 9.17) is 14.2 Å². The largest absolute Gasteiger partial charge is 0.493 e. The summed E-state index contributed by atoms with van der Waals surface area (Å²) in [6.45, 7) is 0.896. The summed E-state index contributed by atoms with van der Waals surface area (Å²) in [5.41, 5.74) is 1.26. The Morgan fingerprint density at radius 3 is 2.09 bits per heavy atom. The van der Waals surface area contributed by atoms with E-state index in [1.807, 2.05) is 17.4 Å². The molecule has 2 rings (SSSR count). The highest BCUT2D eigenvalue weighted by atomic mass is 19.1. The van der Waals surface area contributed by atoms with Crippen molar-refractivity contribution in [2.24, 2.45) is 0 Å². The molecule has 0 bridgehead atoms. The van der Waals surface area contributed by atoms with E-state index >= 15 is 0 Å². The Hall–Kier alpha value is -2.34. The number of hydrogen-bond donors (Lipinski definition) is 1. The first-order valence-corrected chi connectivity index (χ1v) is 7.13. The van der Waals surface area contributed by atoms with Crippen LogP contribution in [0.2, 0.25) is 0 Å². The average Bonchev–Trinajstić information content (AvgIpc) is 2.56. The molecule has 0 saturated heterocycles. The maximum atomic E-state index is 13.6. The predicted octanol–water partition coefficient (Wildman–Crippen LogP) is 2.25. The van der Waals surface area contributed by atoms with Crippen LogP contribution in [0.4, 0.5) is 8.78 Å². The van der Waals surface area contributed by atoms with Crippen LogP contribution < -0.4 is 19.5 Å². The number of methoxy groups -OCH3 is 3. The van der Waals surface area contributed by atoms with E-state index in [0.29, 0.717) is 35.9 Å². The molecule has 124 valence electrons. The molecule has 0 fully saturated rings. The lowest BCUT2D eigenvalue weighted by atomic mass is 10.1. The van der Waals surface area contributed by atoms with Crippen molar-refractivity contribution >= 4 is 0 Å². The van der Waals surface area contributed by atoms with Crippen molar-refractivity contribution in [1.82, 2.24) is 0 Å². The monoisotopic (exact) mass is 324 g/mol. The second-order valence-electron chi connectivity index (χ2n) is 4.97. The van der Waals surface area contributed by atoms with E-state index in [2.05, 4.69) is 0 Å². The fraction of sp³-hybridized carbons (Fsp3) is 0.294. The molecular formula is C17H20F2NO3+. The molecule has 0 unspecified atom stereocenters. The van der Waals surface area contributed by atoms with Crippen LogP contribution in [0.5, 0.6) is 17.2 Å². The van der Waals surface area contributed by atoms with Gasteiger partial charge in [0.05, 0.1) is 21.3 Å². The number of ether oxygens (including phenoxy) is 3. The highest BCUT2D eigenvalue weighted by Crippen LogP contribution is 2.37. The maximum absolute atomic E-state index is 13.6. The first kappa shape index (κ1) is 17.0. The molecule has 0 aliphatic heterocycles. The lowest BCUT2D eigenvalue weighted by Gasteiger charge is -2.13. The summed E-state index contributed by atoms with van der Waals surface area (Å²) in [5.74, 6) is 0.796. The zero-order chi connectivity index (χ0) is 16.8. The Labute approximate surface area is 134 Å². The van der Waals surface area contributed by atoms with Crippen molar-refractivity contribution in [2.45, 2.75) is 13.1 Å². The Morgan fingerprint density at radius 1 is 0.870 bits per heavy atom. The molecule has 0 atom stereocenters. The molecule has 0 aliphatic rings. The van der Waals surface area contributed by atoms with Gasteiger partial charge in [-0.05, 0) is 30.3 Å². The third-order valence-corrected chi connectivity index (χ3v) is 3.48. The molecule has 2 N–H and O–H groups in total. The molecule has 6 heteroatoms. The molecule has 0 saturated carbocycles. The Kier molecular flexibility index (Phi) is 5.76. The molecule has 4 nitrogen and oxygen atoms in total. The number of hydrogen-bond acceptors (Lipinski definition) is 3. The van der Waals surface area contributed by atoms with Gasteiger partial charge in [0.25, 0.3) is 0 Å². The highest BCUT2D eigenvalue weighted by molar-refractivity contribution is 5.53. The second-order valence-corrected chi connectivity index (χ2v) is 4.97. The molecule has 2 aromatic carbocycles. The molecule has 0 aliphatic carbocycles. The number of halogens is 2. The Bertz CT molecular complexity index is 652. The minimum atomic E-state index is -0.442.